The Bertz CT molecular complexity index is 1570. The molecule has 4 N–H and O–H groups in total. The minimum atomic E-state index is -0.920. The van der Waals surface area contributed by atoms with Crippen molar-refractivity contribution in [2.45, 2.75) is 0 Å². The van der Waals surface area contributed by atoms with Gasteiger partial charge in [-0.1, -0.05) is 48.5 Å². The van der Waals surface area contributed by atoms with E-state index in [-0.39, 0.29) is 22.5 Å². The van der Waals surface area contributed by atoms with E-state index in [1.807, 2.05) is 30.3 Å². The van der Waals surface area contributed by atoms with Gasteiger partial charge in [-0.3, -0.25) is 9.59 Å². The topological polar surface area (TPSA) is 82.3 Å². The summed E-state index contributed by atoms with van der Waals surface area (Å²) in [6.07, 6.45) is 0. The molecule has 188 valence electrons. The molecule has 0 radical (unpaired) electrons. The van der Waals surface area contributed by atoms with Gasteiger partial charge in [0.05, 0.1) is 11.4 Å². The number of thiocarbonyl (C=S) groups is 1. The normalized spacial score (nSPS) is 13.0. The third-order valence-corrected chi connectivity index (χ3v) is 5.90. The summed E-state index contributed by atoms with van der Waals surface area (Å²) in [7, 11) is 0. The lowest BCUT2D eigenvalue weighted by molar-refractivity contribution is 0.0960. The van der Waals surface area contributed by atoms with Crippen molar-refractivity contribution < 1.29 is 18.4 Å². The van der Waals surface area contributed by atoms with Gasteiger partial charge in [-0.05, 0) is 54.7 Å². The van der Waals surface area contributed by atoms with Crippen molar-refractivity contribution in [3.8, 4) is 0 Å². The summed E-state index contributed by atoms with van der Waals surface area (Å²) >= 11 is 5.39. The standard InChI is InChI=1S/C29H20F2N4O2S/c30-19-13-18(14-20(31)15-19)27(37)25(26(36)17-7-3-1-4-8-17)28-34-23-12-11-22(16-24(23)35-28)33-29(38)32-21-9-5-2-6-10-21/h1-16,34-35H,(H2,32,33,38). The molecule has 0 atom stereocenters. The Morgan fingerprint density at radius 1 is 0.632 bits per heavy atom. The lowest BCUT2D eigenvalue weighted by Gasteiger charge is -2.11. The Morgan fingerprint density at radius 3 is 1.89 bits per heavy atom. The SMILES string of the molecule is O=C(C(C(=O)c1cc(F)cc(F)c1)=C1Nc2ccc(NC(=S)Nc3ccccc3)cc2N1)c1ccccc1. The maximum atomic E-state index is 13.9. The van der Waals surface area contributed by atoms with Gasteiger partial charge in [0, 0.05) is 28.6 Å². The van der Waals surface area contributed by atoms with E-state index in [1.54, 1.807) is 48.5 Å². The van der Waals surface area contributed by atoms with Gasteiger partial charge >= 0.3 is 0 Å². The first-order valence-corrected chi connectivity index (χ1v) is 11.9. The molecule has 0 saturated carbocycles. The van der Waals surface area contributed by atoms with E-state index in [0.29, 0.717) is 28.2 Å². The molecule has 4 aromatic rings. The fraction of sp³-hybridized carbons (Fsp3) is 0. The number of hydrogen-bond acceptors (Lipinski definition) is 5. The Hall–Kier alpha value is -4.89. The molecule has 0 saturated heterocycles. The number of carbonyl (C=O) groups excluding carboxylic acids is 2. The first-order chi connectivity index (χ1) is 18.4. The van der Waals surface area contributed by atoms with Crippen LogP contribution in [0.4, 0.5) is 31.5 Å². The predicted molar refractivity (Wildman–Crippen MR) is 148 cm³/mol. The molecule has 38 heavy (non-hydrogen) atoms. The van der Waals surface area contributed by atoms with Crippen LogP contribution in [0.1, 0.15) is 20.7 Å². The molecule has 0 aliphatic carbocycles. The van der Waals surface area contributed by atoms with Crippen LogP contribution in [0, 0.1) is 11.6 Å². The van der Waals surface area contributed by atoms with E-state index in [9.17, 15) is 18.4 Å². The summed E-state index contributed by atoms with van der Waals surface area (Å²) in [5, 5.41) is 12.7. The number of ketones is 2. The van der Waals surface area contributed by atoms with Crippen LogP contribution in [0.5, 0.6) is 0 Å². The lowest BCUT2D eigenvalue weighted by Crippen LogP contribution is -2.21. The third-order valence-electron chi connectivity index (χ3n) is 5.69. The quantitative estimate of drug-likeness (QED) is 0.0742. The van der Waals surface area contributed by atoms with Gasteiger partial charge in [-0.25, -0.2) is 8.78 Å². The minimum absolute atomic E-state index is 0.102. The summed E-state index contributed by atoms with van der Waals surface area (Å²) in [4.78, 5) is 26.9. The number of rotatable bonds is 6. The molecule has 0 aromatic heterocycles. The summed E-state index contributed by atoms with van der Waals surface area (Å²) < 4.78 is 27.8. The second-order valence-corrected chi connectivity index (χ2v) is 8.80. The van der Waals surface area contributed by atoms with Gasteiger partial charge in [0.2, 0.25) is 11.6 Å². The zero-order chi connectivity index (χ0) is 26.6. The zero-order valence-electron chi connectivity index (χ0n) is 19.7. The van der Waals surface area contributed by atoms with Crippen LogP contribution in [0.3, 0.4) is 0 Å². The molecule has 0 bridgehead atoms. The largest absolute Gasteiger partial charge is 0.339 e. The van der Waals surface area contributed by atoms with Crippen molar-refractivity contribution in [1.82, 2.24) is 0 Å². The van der Waals surface area contributed by atoms with Crippen LogP contribution in [0.2, 0.25) is 0 Å². The lowest BCUT2D eigenvalue weighted by atomic mass is 9.95. The van der Waals surface area contributed by atoms with Crippen LogP contribution in [-0.2, 0) is 0 Å². The van der Waals surface area contributed by atoms with Crippen LogP contribution in [0.15, 0.2) is 108 Å². The number of allylic oxidation sites excluding steroid dienone is 1. The van der Waals surface area contributed by atoms with E-state index in [0.717, 1.165) is 17.8 Å². The van der Waals surface area contributed by atoms with E-state index >= 15 is 0 Å². The highest BCUT2D eigenvalue weighted by atomic mass is 32.1. The van der Waals surface area contributed by atoms with Gasteiger partial charge < -0.3 is 21.3 Å². The van der Waals surface area contributed by atoms with Gasteiger partial charge in [0.25, 0.3) is 0 Å². The molecule has 0 unspecified atom stereocenters. The van der Waals surface area contributed by atoms with Gasteiger partial charge in [-0.2, -0.15) is 0 Å². The molecule has 5 rings (SSSR count). The number of nitrogens with one attached hydrogen (secondary N) is 4. The minimum Gasteiger partial charge on any atom is -0.339 e. The van der Waals surface area contributed by atoms with Crippen LogP contribution in [0.25, 0.3) is 0 Å². The second kappa shape index (κ2) is 10.6. The molecule has 1 aliphatic heterocycles. The van der Waals surface area contributed by atoms with Crippen molar-refractivity contribution >= 4 is 51.6 Å². The number of carbonyl (C=O) groups is 2. The Morgan fingerprint density at radius 2 is 1.21 bits per heavy atom. The molecule has 6 nitrogen and oxygen atoms in total. The van der Waals surface area contributed by atoms with E-state index < -0.39 is 23.2 Å². The monoisotopic (exact) mass is 526 g/mol. The number of halogens is 2. The number of Topliss-reactive ketones (excluding diaryl/α,β-unsaturated/α-hetero) is 2. The number of hydrogen-bond donors (Lipinski definition) is 4. The van der Waals surface area contributed by atoms with E-state index in [1.165, 1.54) is 0 Å². The first-order valence-electron chi connectivity index (χ1n) is 11.5. The van der Waals surface area contributed by atoms with Crippen molar-refractivity contribution in [2.24, 2.45) is 0 Å². The van der Waals surface area contributed by atoms with Crippen LogP contribution >= 0.6 is 12.2 Å². The number of para-hydroxylation sites is 1. The van der Waals surface area contributed by atoms with Crippen LogP contribution in [-0.4, -0.2) is 16.7 Å². The van der Waals surface area contributed by atoms with E-state index in [2.05, 4.69) is 21.3 Å². The Labute approximate surface area is 222 Å². The fourth-order valence-electron chi connectivity index (χ4n) is 3.97. The highest BCUT2D eigenvalue weighted by Gasteiger charge is 2.30. The molecule has 9 heteroatoms. The average molecular weight is 527 g/mol. The summed E-state index contributed by atoms with van der Waals surface area (Å²) in [5.74, 6) is -3.17. The summed E-state index contributed by atoms with van der Waals surface area (Å²) in [6.45, 7) is 0. The van der Waals surface area contributed by atoms with Crippen molar-refractivity contribution in [3.63, 3.8) is 0 Å². The van der Waals surface area contributed by atoms with Crippen LogP contribution < -0.4 is 21.3 Å². The highest BCUT2D eigenvalue weighted by Crippen LogP contribution is 2.35. The Balaban J connectivity index is 1.46. The zero-order valence-corrected chi connectivity index (χ0v) is 20.5. The maximum Gasteiger partial charge on any atom is 0.200 e. The molecule has 0 spiro atoms. The number of fused-ring (bicyclic) bond motifs is 1. The van der Waals surface area contributed by atoms with Crippen molar-refractivity contribution in [2.75, 3.05) is 21.3 Å². The smallest absolute Gasteiger partial charge is 0.200 e. The fourth-order valence-corrected chi connectivity index (χ4v) is 4.20. The number of anilines is 4. The molecule has 0 fully saturated rings. The van der Waals surface area contributed by atoms with Gasteiger partial charge in [-0.15, -0.1) is 0 Å². The average Bonchev–Trinajstić information content (AvgIpc) is 3.32. The summed E-state index contributed by atoms with van der Waals surface area (Å²) in [6, 6.07) is 25.4. The Kier molecular flexibility index (Phi) is 6.92. The third kappa shape index (κ3) is 5.42. The molecule has 0 amide bonds. The van der Waals surface area contributed by atoms with E-state index in [4.69, 9.17) is 12.2 Å². The van der Waals surface area contributed by atoms with Gasteiger partial charge in [0.15, 0.2) is 5.11 Å². The maximum absolute atomic E-state index is 13.9. The van der Waals surface area contributed by atoms with Crippen molar-refractivity contribution in [1.29, 1.82) is 0 Å². The molecular formula is C29H20F2N4O2S. The van der Waals surface area contributed by atoms with Crippen molar-refractivity contribution in [3.05, 3.63) is 131 Å². The number of benzene rings is 4. The predicted octanol–water partition coefficient (Wildman–Crippen LogP) is 6.59. The highest BCUT2D eigenvalue weighted by molar-refractivity contribution is 7.80. The molecule has 4 aromatic carbocycles. The summed E-state index contributed by atoms with van der Waals surface area (Å²) in [5.41, 5.74) is 2.34. The second-order valence-electron chi connectivity index (χ2n) is 8.39. The molecule has 1 heterocycles. The molecule has 1 aliphatic rings. The van der Waals surface area contributed by atoms with Gasteiger partial charge in [0.1, 0.15) is 23.0 Å². The molecular weight excluding hydrogens is 506 g/mol. The first kappa shape index (κ1) is 24.8.